The molecular formula is C20H30N2O3. The summed E-state index contributed by atoms with van der Waals surface area (Å²) >= 11 is 0. The Kier molecular flexibility index (Phi) is 6.32. The highest BCUT2D eigenvalue weighted by atomic mass is 16.5. The summed E-state index contributed by atoms with van der Waals surface area (Å²) in [6, 6.07) is 7.28. The average Bonchev–Trinajstić information content (AvgIpc) is 3.14. The van der Waals surface area contributed by atoms with Gasteiger partial charge in [-0.15, -0.1) is 0 Å². The lowest BCUT2D eigenvalue weighted by Gasteiger charge is -2.36. The lowest BCUT2D eigenvalue weighted by Crippen LogP contribution is -2.50. The molecule has 1 amide bonds. The smallest absolute Gasteiger partial charge is 0.253 e. The molecule has 1 aliphatic heterocycles. The highest BCUT2D eigenvalue weighted by Gasteiger charge is 2.25. The predicted molar refractivity (Wildman–Crippen MR) is 97.9 cm³/mol. The van der Waals surface area contributed by atoms with Crippen molar-refractivity contribution >= 4 is 5.91 Å². The van der Waals surface area contributed by atoms with E-state index in [-0.39, 0.29) is 12.0 Å². The van der Waals surface area contributed by atoms with Gasteiger partial charge < -0.3 is 14.7 Å². The van der Waals surface area contributed by atoms with E-state index in [4.69, 9.17) is 4.74 Å². The number of hydrogen-bond donors (Lipinski definition) is 1. The van der Waals surface area contributed by atoms with Gasteiger partial charge in [0.05, 0.1) is 13.2 Å². The second-order valence-corrected chi connectivity index (χ2v) is 7.36. The van der Waals surface area contributed by atoms with E-state index >= 15 is 0 Å². The Morgan fingerprint density at radius 2 is 1.80 bits per heavy atom. The number of carbonyl (C=O) groups excluding carboxylic acids is 1. The maximum absolute atomic E-state index is 12.6. The highest BCUT2D eigenvalue weighted by molar-refractivity contribution is 5.94. The summed E-state index contributed by atoms with van der Waals surface area (Å²) in [6.45, 7) is 3.86. The van der Waals surface area contributed by atoms with Crippen molar-refractivity contribution in [3.63, 3.8) is 0 Å². The molecule has 0 spiro atoms. The lowest BCUT2D eigenvalue weighted by molar-refractivity contribution is 0.0482. The number of piperazine rings is 1. The van der Waals surface area contributed by atoms with Gasteiger partial charge in [-0.3, -0.25) is 9.69 Å². The van der Waals surface area contributed by atoms with E-state index < -0.39 is 0 Å². The molecular weight excluding hydrogens is 316 g/mol. The molecule has 1 aliphatic carbocycles. The van der Waals surface area contributed by atoms with Crippen molar-refractivity contribution in [2.75, 3.05) is 39.8 Å². The number of aliphatic hydroxyl groups excluding tert-OH is 1. The van der Waals surface area contributed by atoms with Crippen molar-refractivity contribution < 1.29 is 14.6 Å². The number of hydrogen-bond acceptors (Lipinski definition) is 4. The lowest BCUT2D eigenvalue weighted by atomic mass is 9.99. The molecule has 1 aromatic carbocycles. The van der Waals surface area contributed by atoms with Gasteiger partial charge in [-0.1, -0.05) is 25.7 Å². The SMILES string of the molecule is COc1ccc(C(=O)N2CCN(C[C@@H](O)CC3CCCC3)CC2)cc1. The van der Waals surface area contributed by atoms with Crippen LogP contribution < -0.4 is 4.74 Å². The summed E-state index contributed by atoms with van der Waals surface area (Å²) in [5.74, 6) is 1.55. The summed E-state index contributed by atoms with van der Waals surface area (Å²) in [6.07, 6.45) is 5.91. The Labute approximate surface area is 150 Å². The van der Waals surface area contributed by atoms with Gasteiger partial charge in [0.15, 0.2) is 0 Å². The van der Waals surface area contributed by atoms with Gasteiger partial charge in [0.1, 0.15) is 5.75 Å². The number of β-amino-alcohol motifs (C(OH)–C–C–N with tert-alkyl or cyclic N) is 1. The van der Waals surface area contributed by atoms with E-state index in [2.05, 4.69) is 4.90 Å². The number of amides is 1. The number of methoxy groups -OCH3 is 1. The zero-order chi connectivity index (χ0) is 17.6. The molecule has 1 N–H and O–H groups in total. The standard InChI is InChI=1S/C20H30N2O3/c1-25-19-8-6-17(7-9-19)20(24)22-12-10-21(11-13-22)15-18(23)14-16-4-2-3-5-16/h6-9,16,18,23H,2-5,10-15H2,1H3/t18-/m0/s1. The average molecular weight is 346 g/mol. The number of benzene rings is 1. The van der Waals surface area contributed by atoms with Crippen LogP contribution in [0.4, 0.5) is 0 Å². The van der Waals surface area contributed by atoms with Gasteiger partial charge in [-0.25, -0.2) is 0 Å². The molecule has 138 valence electrons. The third-order valence-electron chi connectivity index (χ3n) is 5.55. The number of nitrogens with zero attached hydrogens (tertiary/aromatic N) is 2. The van der Waals surface area contributed by atoms with E-state index in [0.717, 1.165) is 44.9 Å². The van der Waals surface area contributed by atoms with Gasteiger partial charge in [0.2, 0.25) is 0 Å². The van der Waals surface area contributed by atoms with Gasteiger partial charge in [0, 0.05) is 38.3 Å². The minimum Gasteiger partial charge on any atom is -0.497 e. The molecule has 25 heavy (non-hydrogen) atoms. The van der Waals surface area contributed by atoms with Crippen LogP contribution >= 0.6 is 0 Å². The number of carbonyl (C=O) groups is 1. The Hall–Kier alpha value is -1.59. The molecule has 5 nitrogen and oxygen atoms in total. The van der Waals surface area contributed by atoms with Crippen molar-refractivity contribution in [1.82, 2.24) is 9.80 Å². The van der Waals surface area contributed by atoms with E-state index in [1.54, 1.807) is 7.11 Å². The van der Waals surface area contributed by atoms with E-state index in [0.29, 0.717) is 11.5 Å². The zero-order valence-corrected chi connectivity index (χ0v) is 15.2. The first kappa shape index (κ1) is 18.2. The monoisotopic (exact) mass is 346 g/mol. The minimum absolute atomic E-state index is 0.0776. The Morgan fingerprint density at radius 1 is 1.16 bits per heavy atom. The fourth-order valence-corrected chi connectivity index (χ4v) is 4.05. The van der Waals surface area contributed by atoms with Crippen LogP contribution in [0.3, 0.4) is 0 Å². The summed E-state index contributed by atoms with van der Waals surface area (Å²) in [7, 11) is 1.62. The van der Waals surface area contributed by atoms with E-state index in [1.165, 1.54) is 25.7 Å². The molecule has 1 aromatic rings. The summed E-state index contributed by atoms with van der Waals surface area (Å²) in [5, 5.41) is 10.3. The van der Waals surface area contributed by atoms with Crippen molar-refractivity contribution in [1.29, 1.82) is 0 Å². The summed E-state index contributed by atoms with van der Waals surface area (Å²) < 4.78 is 5.14. The van der Waals surface area contributed by atoms with Crippen LogP contribution in [0.25, 0.3) is 0 Å². The van der Waals surface area contributed by atoms with Gasteiger partial charge in [-0.05, 0) is 36.6 Å². The molecule has 5 heteroatoms. The van der Waals surface area contributed by atoms with Crippen LogP contribution in [0.5, 0.6) is 5.75 Å². The number of rotatable bonds is 6. The molecule has 1 saturated heterocycles. The second-order valence-electron chi connectivity index (χ2n) is 7.36. The first-order valence-electron chi connectivity index (χ1n) is 9.49. The quantitative estimate of drug-likeness (QED) is 0.859. The van der Waals surface area contributed by atoms with Gasteiger partial charge in [-0.2, -0.15) is 0 Å². The van der Waals surface area contributed by atoms with Crippen molar-refractivity contribution in [2.24, 2.45) is 5.92 Å². The normalized spacial score (nSPS) is 20.6. The molecule has 1 saturated carbocycles. The first-order chi connectivity index (χ1) is 12.2. The van der Waals surface area contributed by atoms with Crippen LogP contribution in [0.15, 0.2) is 24.3 Å². The molecule has 0 radical (unpaired) electrons. The molecule has 0 aromatic heterocycles. The third-order valence-corrected chi connectivity index (χ3v) is 5.55. The molecule has 3 rings (SSSR count). The van der Waals surface area contributed by atoms with Crippen LogP contribution in [-0.4, -0.2) is 66.8 Å². The second kappa shape index (κ2) is 8.68. The number of aliphatic hydroxyl groups is 1. The van der Waals surface area contributed by atoms with Crippen molar-refractivity contribution in [2.45, 2.75) is 38.2 Å². The molecule has 2 aliphatic rings. The van der Waals surface area contributed by atoms with E-state index in [9.17, 15) is 9.90 Å². The van der Waals surface area contributed by atoms with Crippen LogP contribution in [0.2, 0.25) is 0 Å². The molecule has 1 atom stereocenters. The van der Waals surface area contributed by atoms with Gasteiger partial charge >= 0.3 is 0 Å². The molecule has 1 heterocycles. The van der Waals surface area contributed by atoms with Crippen molar-refractivity contribution in [3.05, 3.63) is 29.8 Å². The van der Waals surface area contributed by atoms with Gasteiger partial charge in [0.25, 0.3) is 5.91 Å². The molecule has 0 bridgehead atoms. The van der Waals surface area contributed by atoms with Crippen molar-refractivity contribution in [3.8, 4) is 5.75 Å². The molecule has 2 fully saturated rings. The van der Waals surface area contributed by atoms with E-state index in [1.807, 2.05) is 29.2 Å². The first-order valence-corrected chi connectivity index (χ1v) is 9.49. The molecule has 0 unspecified atom stereocenters. The third kappa shape index (κ3) is 4.95. The Morgan fingerprint density at radius 3 is 2.40 bits per heavy atom. The fourth-order valence-electron chi connectivity index (χ4n) is 4.05. The van der Waals surface area contributed by atoms with Crippen LogP contribution in [0, 0.1) is 5.92 Å². The highest BCUT2D eigenvalue weighted by Crippen LogP contribution is 2.28. The minimum atomic E-state index is -0.230. The fraction of sp³-hybridized carbons (Fsp3) is 0.650. The summed E-state index contributed by atoms with van der Waals surface area (Å²) in [4.78, 5) is 16.8. The number of ether oxygens (including phenoxy) is 1. The maximum Gasteiger partial charge on any atom is 0.253 e. The predicted octanol–water partition coefficient (Wildman–Crippen LogP) is 2.39. The van der Waals surface area contributed by atoms with Crippen LogP contribution in [0.1, 0.15) is 42.5 Å². The Balaban J connectivity index is 1.43. The Bertz CT molecular complexity index is 547. The summed E-state index contributed by atoms with van der Waals surface area (Å²) in [5.41, 5.74) is 0.704. The zero-order valence-electron chi connectivity index (χ0n) is 15.2. The largest absolute Gasteiger partial charge is 0.497 e. The maximum atomic E-state index is 12.6. The topological polar surface area (TPSA) is 53.0 Å². The van der Waals surface area contributed by atoms with Crippen LogP contribution in [-0.2, 0) is 0 Å².